The van der Waals surface area contributed by atoms with Gasteiger partial charge in [-0.1, -0.05) is 35.9 Å². The van der Waals surface area contributed by atoms with Crippen molar-refractivity contribution in [1.82, 2.24) is 0 Å². The molecule has 1 N–H and O–H groups in total. The smallest absolute Gasteiger partial charge is 0.347 e. The van der Waals surface area contributed by atoms with E-state index in [1.807, 2.05) is 30.3 Å². The molecule has 174 valence electrons. The molecule has 32 heavy (non-hydrogen) atoms. The minimum Gasteiger partial charge on any atom is -0.491 e. The van der Waals surface area contributed by atoms with Crippen LogP contribution in [0, 0.1) is 0 Å². The molecule has 2 fully saturated rings. The van der Waals surface area contributed by atoms with Gasteiger partial charge in [0.25, 0.3) is 0 Å². The van der Waals surface area contributed by atoms with Crippen molar-refractivity contribution >= 4 is 11.6 Å². The standard InChI is InChI=1S/C24H27ClF2O5/c25-21-8-3-16(22-13-18(28)14-23(31-22)32-24(26)27)12-17(21)11-15-1-4-19(5-2-15)29-9-10-30-20-6-7-20/h1-5,8,12,18,20,22-24,28H,6-7,9-11,13-14H2. The molecule has 1 aliphatic heterocycles. The van der Waals surface area contributed by atoms with Crippen molar-refractivity contribution < 1.29 is 32.8 Å². The van der Waals surface area contributed by atoms with E-state index in [4.69, 9.17) is 25.8 Å². The summed E-state index contributed by atoms with van der Waals surface area (Å²) < 4.78 is 46.5. The lowest BCUT2D eigenvalue weighted by Gasteiger charge is -2.33. The fourth-order valence-corrected chi connectivity index (χ4v) is 3.92. The summed E-state index contributed by atoms with van der Waals surface area (Å²) >= 11 is 6.40. The quantitative estimate of drug-likeness (QED) is 0.482. The third-order valence-electron chi connectivity index (χ3n) is 5.51. The highest BCUT2D eigenvalue weighted by molar-refractivity contribution is 6.31. The Labute approximate surface area is 191 Å². The van der Waals surface area contributed by atoms with Crippen LogP contribution in [0.4, 0.5) is 8.78 Å². The highest BCUT2D eigenvalue weighted by atomic mass is 35.5. The van der Waals surface area contributed by atoms with Crippen LogP contribution in [0.3, 0.4) is 0 Å². The van der Waals surface area contributed by atoms with E-state index in [-0.39, 0.29) is 6.42 Å². The van der Waals surface area contributed by atoms with Crippen LogP contribution in [-0.2, 0) is 20.6 Å². The Balaban J connectivity index is 1.36. The van der Waals surface area contributed by atoms with Gasteiger partial charge in [0.05, 0.1) is 24.9 Å². The zero-order valence-electron chi connectivity index (χ0n) is 17.6. The van der Waals surface area contributed by atoms with Gasteiger partial charge in [0.15, 0.2) is 6.29 Å². The number of benzene rings is 2. The van der Waals surface area contributed by atoms with Gasteiger partial charge in [0, 0.05) is 17.9 Å². The minimum atomic E-state index is -2.95. The molecule has 0 aromatic heterocycles. The first-order valence-corrected chi connectivity index (χ1v) is 11.2. The fourth-order valence-electron chi connectivity index (χ4n) is 3.74. The number of aliphatic hydroxyl groups is 1. The third-order valence-corrected chi connectivity index (χ3v) is 5.88. The van der Waals surface area contributed by atoms with Crippen LogP contribution >= 0.6 is 11.6 Å². The molecule has 8 heteroatoms. The number of halogens is 3. The van der Waals surface area contributed by atoms with Crippen molar-refractivity contribution in [2.45, 2.75) is 63.3 Å². The van der Waals surface area contributed by atoms with E-state index in [1.54, 1.807) is 12.1 Å². The zero-order chi connectivity index (χ0) is 22.5. The fraction of sp³-hybridized carbons (Fsp3) is 0.500. The predicted molar refractivity (Wildman–Crippen MR) is 115 cm³/mol. The van der Waals surface area contributed by atoms with E-state index in [0.717, 1.165) is 35.3 Å². The number of rotatable bonds is 10. The van der Waals surface area contributed by atoms with Crippen LogP contribution < -0.4 is 4.74 Å². The van der Waals surface area contributed by atoms with Gasteiger partial charge < -0.3 is 19.3 Å². The third kappa shape index (κ3) is 6.86. The number of aliphatic hydroxyl groups excluding tert-OH is 1. The zero-order valence-corrected chi connectivity index (χ0v) is 18.3. The summed E-state index contributed by atoms with van der Waals surface area (Å²) in [7, 11) is 0. The molecule has 1 heterocycles. The van der Waals surface area contributed by atoms with Gasteiger partial charge in [-0.15, -0.1) is 0 Å². The molecule has 1 saturated carbocycles. The molecule has 2 aliphatic rings. The van der Waals surface area contributed by atoms with Gasteiger partial charge in [-0.25, -0.2) is 0 Å². The molecule has 3 unspecified atom stereocenters. The number of hydrogen-bond donors (Lipinski definition) is 1. The summed E-state index contributed by atoms with van der Waals surface area (Å²) in [6, 6.07) is 13.2. The molecule has 5 nitrogen and oxygen atoms in total. The highest BCUT2D eigenvalue weighted by Gasteiger charge is 2.32. The van der Waals surface area contributed by atoms with E-state index in [9.17, 15) is 13.9 Å². The van der Waals surface area contributed by atoms with Gasteiger partial charge in [-0.2, -0.15) is 8.78 Å². The van der Waals surface area contributed by atoms with E-state index in [1.165, 1.54) is 0 Å². The van der Waals surface area contributed by atoms with Crippen molar-refractivity contribution in [3.8, 4) is 5.75 Å². The Hall–Kier alpha value is -1.77. The molecular formula is C24H27ClF2O5. The Bertz CT molecular complexity index is 873. The lowest BCUT2D eigenvalue weighted by molar-refractivity contribution is -0.284. The first kappa shape index (κ1) is 23.4. The number of alkyl halides is 2. The summed E-state index contributed by atoms with van der Waals surface area (Å²) in [5, 5.41) is 10.7. The van der Waals surface area contributed by atoms with Crippen molar-refractivity contribution in [1.29, 1.82) is 0 Å². The summed E-state index contributed by atoms with van der Waals surface area (Å²) in [6.45, 7) is -1.84. The van der Waals surface area contributed by atoms with Crippen molar-refractivity contribution in [2.24, 2.45) is 0 Å². The SMILES string of the molecule is OC1CC(OC(F)F)OC(c2ccc(Cl)c(Cc3ccc(OCCOC4CC4)cc3)c2)C1. The van der Waals surface area contributed by atoms with E-state index >= 15 is 0 Å². The van der Waals surface area contributed by atoms with Crippen molar-refractivity contribution in [3.63, 3.8) is 0 Å². The van der Waals surface area contributed by atoms with Crippen LogP contribution in [0.15, 0.2) is 42.5 Å². The van der Waals surface area contributed by atoms with E-state index < -0.39 is 25.1 Å². The predicted octanol–water partition coefficient (Wildman–Crippen LogP) is 5.27. The maximum atomic E-state index is 12.6. The Morgan fingerprint density at radius 1 is 1.06 bits per heavy atom. The Morgan fingerprint density at radius 3 is 2.56 bits per heavy atom. The van der Waals surface area contributed by atoms with Crippen LogP contribution in [0.2, 0.25) is 5.02 Å². The number of hydrogen-bond acceptors (Lipinski definition) is 5. The van der Waals surface area contributed by atoms with Crippen molar-refractivity contribution in [2.75, 3.05) is 13.2 Å². The molecule has 2 aromatic carbocycles. The molecule has 0 radical (unpaired) electrons. The molecule has 1 aliphatic carbocycles. The maximum absolute atomic E-state index is 12.6. The molecule has 0 bridgehead atoms. The second-order valence-electron chi connectivity index (χ2n) is 8.17. The highest BCUT2D eigenvalue weighted by Crippen LogP contribution is 2.34. The summed E-state index contributed by atoms with van der Waals surface area (Å²) in [4.78, 5) is 0. The second kappa shape index (κ2) is 10.9. The molecule has 4 rings (SSSR count). The van der Waals surface area contributed by atoms with Crippen LogP contribution in [0.25, 0.3) is 0 Å². The maximum Gasteiger partial charge on any atom is 0.347 e. The summed E-state index contributed by atoms with van der Waals surface area (Å²) in [6.07, 6.45) is 1.15. The Morgan fingerprint density at radius 2 is 1.84 bits per heavy atom. The van der Waals surface area contributed by atoms with Crippen molar-refractivity contribution in [3.05, 3.63) is 64.2 Å². The second-order valence-corrected chi connectivity index (χ2v) is 8.57. The topological polar surface area (TPSA) is 57.2 Å². The normalized spacial score (nSPS) is 23.5. The average molecular weight is 469 g/mol. The van der Waals surface area contributed by atoms with Gasteiger partial charge in [0.1, 0.15) is 12.4 Å². The number of ether oxygens (including phenoxy) is 4. The average Bonchev–Trinajstić information content (AvgIpc) is 3.57. The van der Waals surface area contributed by atoms with E-state index in [0.29, 0.717) is 37.2 Å². The first-order valence-electron chi connectivity index (χ1n) is 10.8. The van der Waals surface area contributed by atoms with E-state index in [2.05, 4.69) is 4.74 Å². The van der Waals surface area contributed by atoms with Gasteiger partial charge in [0.2, 0.25) is 0 Å². The van der Waals surface area contributed by atoms with Crippen LogP contribution in [0.5, 0.6) is 5.75 Å². The Kier molecular flexibility index (Phi) is 7.97. The van der Waals surface area contributed by atoms with Crippen LogP contribution in [0.1, 0.15) is 48.5 Å². The monoisotopic (exact) mass is 468 g/mol. The lowest BCUT2D eigenvalue weighted by Crippen LogP contribution is -2.34. The largest absolute Gasteiger partial charge is 0.491 e. The van der Waals surface area contributed by atoms with Gasteiger partial charge in [-0.3, -0.25) is 4.74 Å². The molecule has 2 aromatic rings. The summed E-state index contributed by atoms with van der Waals surface area (Å²) in [5.74, 6) is 0.780. The molecule has 3 atom stereocenters. The lowest BCUT2D eigenvalue weighted by atomic mass is 9.95. The minimum absolute atomic E-state index is 0.0163. The van der Waals surface area contributed by atoms with Gasteiger partial charge >= 0.3 is 6.61 Å². The first-order chi connectivity index (χ1) is 15.5. The summed E-state index contributed by atoms with van der Waals surface area (Å²) in [5.41, 5.74) is 2.70. The van der Waals surface area contributed by atoms with Crippen LogP contribution in [-0.4, -0.2) is 43.4 Å². The molecular weight excluding hydrogens is 442 g/mol. The molecule has 1 saturated heterocycles. The molecule has 0 amide bonds. The molecule has 0 spiro atoms. The van der Waals surface area contributed by atoms with Gasteiger partial charge in [-0.05, 0) is 54.2 Å².